The Hall–Kier alpha value is -2.75. The van der Waals surface area contributed by atoms with Crippen LogP contribution >= 0.6 is 0 Å². The number of hydrogen-bond acceptors (Lipinski definition) is 6. The molecule has 1 aromatic rings. The molecule has 3 amide bonds. The van der Waals surface area contributed by atoms with Crippen molar-refractivity contribution in [3.63, 3.8) is 0 Å². The summed E-state index contributed by atoms with van der Waals surface area (Å²) in [6.07, 6.45) is 1.12. The van der Waals surface area contributed by atoms with Crippen molar-refractivity contribution in [1.82, 2.24) is 10.3 Å². The second kappa shape index (κ2) is 5.05. The lowest BCUT2D eigenvalue weighted by Crippen LogP contribution is -2.24. The summed E-state index contributed by atoms with van der Waals surface area (Å²) >= 11 is 0. The summed E-state index contributed by atoms with van der Waals surface area (Å²) in [5.41, 5.74) is 0. The van der Waals surface area contributed by atoms with E-state index in [2.05, 4.69) is 5.10 Å². The third kappa shape index (κ3) is 2.68. The van der Waals surface area contributed by atoms with Crippen molar-refractivity contribution >= 4 is 24.0 Å². The van der Waals surface area contributed by atoms with Gasteiger partial charge in [0.1, 0.15) is 11.5 Å². The van der Waals surface area contributed by atoms with E-state index in [1.54, 1.807) is 0 Å². The summed E-state index contributed by atoms with van der Waals surface area (Å²) in [6.45, 7) is -0.182. The summed E-state index contributed by atoms with van der Waals surface area (Å²) in [4.78, 5) is 31.5. The predicted molar refractivity (Wildman–Crippen MR) is 56.8 cm³/mol. The number of rotatable bonds is 3. The summed E-state index contributed by atoms with van der Waals surface area (Å²) < 4.78 is 4.78. The standard InChI is InChI=1S/C8H6N4O5.H2O/c13-6-4-11(8(14)10-6)9-3-5-1-2-7(17-5)12(15)16;/h1-3H,4H2,(H,10,13,14);1H2. The average Bonchev–Trinajstić information content (AvgIpc) is 2.82. The van der Waals surface area contributed by atoms with Crippen LogP contribution in [0.3, 0.4) is 0 Å². The number of carbonyl (C=O) groups is 2. The Morgan fingerprint density at radius 3 is 2.72 bits per heavy atom. The molecule has 10 heteroatoms. The minimum absolute atomic E-state index is 0. The Kier molecular flexibility index (Phi) is 3.74. The number of imide groups is 1. The van der Waals surface area contributed by atoms with Gasteiger partial charge in [0, 0.05) is 0 Å². The fourth-order valence-electron chi connectivity index (χ4n) is 1.16. The molecule has 2 heterocycles. The van der Waals surface area contributed by atoms with E-state index < -0.39 is 22.7 Å². The molecular formula is C8H8N4O6. The van der Waals surface area contributed by atoms with Gasteiger partial charge in [0.25, 0.3) is 0 Å². The molecule has 0 bridgehead atoms. The monoisotopic (exact) mass is 256 g/mol. The number of nitro groups is 1. The lowest BCUT2D eigenvalue weighted by Gasteiger charge is -2.02. The molecule has 2 rings (SSSR count). The molecule has 1 saturated heterocycles. The normalized spacial score (nSPS) is 14.8. The van der Waals surface area contributed by atoms with Gasteiger partial charge in [-0.3, -0.25) is 20.2 Å². The lowest BCUT2D eigenvalue weighted by molar-refractivity contribution is -0.402. The number of nitrogens with zero attached hydrogens (tertiary/aromatic N) is 3. The molecule has 0 saturated carbocycles. The molecule has 0 atom stereocenters. The zero-order valence-electron chi connectivity index (χ0n) is 8.82. The Morgan fingerprint density at radius 1 is 1.50 bits per heavy atom. The largest absolute Gasteiger partial charge is 0.433 e. The number of nitrogens with one attached hydrogen (secondary N) is 1. The van der Waals surface area contributed by atoms with Gasteiger partial charge in [-0.15, -0.1) is 0 Å². The van der Waals surface area contributed by atoms with Crippen molar-refractivity contribution in [2.75, 3.05) is 6.54 Å². The van der Waals surface area contributed by atoms with Crippen LogP contribution in [0.1, 0.15) is 5.76 Å². The molecule has 3 N–H and O–H groups in total. The number of urea groups is 1. The SMILES string of the molecule is O.O=C1CN(N=Cc2ccc([N+](=O)[O-])o2)C(=O)N1. The van der Waals surface area contributed by atoms with E-state index in [1.165, 1.54) is 6.07 Å². The lowest BCUT2D eigenvalue weighted by atomic mass is 10.5. The summed E-state index contributed by atoms with van der Waals surface area (Å²) in [5, 5.41) is 16.9. The fourth-order valence-corrected chi connectivity index (χ4v) is 1.16. The third-order valence-electron chi connectivity index (χ3n) is 1.89. The van der Waals surface area contributed by atoms with Gasteiger partial charge in [0.05, 0.1) is 12.3 Å². The first-order chi connectivity index (χ1) is 8.06. The van der Waals surface area contributed by atoms with Gasteiger partial charge < -0.3 is 9.89 Å². The molecule has 1 fully saturated rings. The quantitative estimate of drug-likeness (QED) is 0.326. The first kappa shape index (κ1) is 13.3. The number of furan rings is 1. The zero-order chi connectivity index (χ0) is 12.4. The maximum atomic E-state index is 11.1. The highest BCUT2D eigenvalue weighted by Crippen LogP contribution is 2.14. The van der Waals surface area contributed by atoms with Crippen LogP contribution in [0.2, 0.25) is 0 Å². The molecule has 1 aromatic heterocycles. The number of amides is 3. The second-order valence-corrected chi connectivity index (χ2v) is 3.09. The van der Waals surface area contributed by atoms with E-state index in [4.69, 9.17) is 4.42 Å². The highest BCUT2D eigenvalue weighted by Gasteiger charge is 2.26. The van der Waals surface area contributed by atoms with Crippen LogP contribution in [-0.4, -0.2) is 40.1 Å². The molecule has 1 aliphatic rings. The van der Waals surface area contributed by atoms with Gasteiger partial charge >= 0.3 is 11.9 Å². The van der Waals surface area contributed by atoms with Crippen LogP contribution < -0.4 is 5.32 Å². The summed E-state index contributed by atoms with van der Waals surface area (Å²) in [7, 11) is 0. The smallest absolute Gasteiger partial charge is 0.412 e. The first-order valence-corrected chi connectivity index (χ1v) is 4.46. The molecule has 96 valence electrons. The van der Waals surface area contributed by atoms with Gasteiger partial charge in [-0.2, -0.15) is 5.10 Å². The van der Waals surface area contributed by atoms with Crippen molar-refractivity contribution in [1.29, 1.82) is 0 Å². The van der Waals surface area contributed by atoms with Crippen LogP contribution in [0.25, 0.3) is 0 Å². The van der Waals surface area contributed by atoms with Gasteiger partial charge in [-0.25, -0.2) is 9.80 Å². The Labute approximate surface area is 99.3 Å². The number of hydrogen-bond donors (Lipinski definition) is 1. The van der Waals surface area contributed by atoms with E-state index in [-0.39, 0.29) is 17.8 Å². The minimum Gasteiger partial charge on any atom is -0.412 e. The van der Waals surface area contributed by atoms with E-state index >= 15 is 0 Å². The minimum atomic E-state index is -0.691. The van der Waals surface area contributed by atoms with Crippen LogP contribution in [-0.2, 0) is 4.79 Å². The highest BCUT2D eigenvalue weighted by atomic mass is 16.6. The Morgan fingerprint density at radius 2 is 2.22 bits per heavy atom. The van der Waals surface area contributed by atoms with Crippen molar-refractivity contribution in [3.05, 3.63) is 28.0 Å². The predicted octanol–water partition coefficient (Wildman–Crippen LogP) is -0.751. The molecule has 0 spiro atoms. The maximum Gasteiger partial charge on any atom is 0.433 e. The molecule has 0 aliphatic carbocycles. The molecule has 0 unspecified atom stereocenters. The van der Waals surface area contributed by atoms with Gasteiger partial charge in [-0.1, -0.05) is 0 Å². The highest BCUT2D eigenvalue weighted by molar-refractivity contribution is 6.02. The van der Waals surface area contributed by atoms with Crippen molar-refractivity contribution in [3.8, 4) is 0 Å². The van der Waals surface area contributed by atoms with Gasteiger partial charge in [0.2, 0.25) is 5.91 Å². The molecule has 0 aromatic carbocycles. The van der Waals surface area contributed by atoms with E-state index in [0.29, 0.717) is 0 Å². The van der Waals surface area contributed by atoms with Crippen LogP contribution in [0, 0.1) is 10.1 Å². The second-order valence-electron chi connectivity index (χ2n) is 3.09. The number of carbonyl (C=O) groups excluding carboxylic acids is 2. The van der Waals surface area contributed by atoms with Crippen molar-refractivity contribution < 1.29 is 24.4 Å². The van der Waals surface area contributed by atoms with Gasteiger partial charge in [-0.05, 0) is 6.07 Å². The topological polar surface area (TPSA) is 150 Å². The molecule has 10 nitrogen and oxygen atoms in total. The van der Waals surface area contributed by atoms with Crippen LogP contribution in [0.5, 0.6) is 0 Å². The Balaban J connectivity index is 0.00000162. The summed E-state index contributed by atoms with van der Waals surface area (Å²) in [5.74, 6) is -0.769. The molecular weight excluding hydrogens is 248 g/mol. The molecule has 18 heavy (non-hydrogen) atoms. The van der Waals surface area contributed by atoms with Crippen molar-refractivity contribution in [2.45, 2.75) is 0 Å². The number of hydrazone groups is 1. The van der Waals surface area contributed by atoms with E-state index in [0.717, 1.165) is 17.3 Å². The average molecular weight is 256 g/mol. The molecule has 0 radical (unpaired) electrons. The van der Waals surface area contributed by atoms with E-state index in [9.17, 15) is 19.7 Å². The Bertz CT molecular complexity index is 521. The van der Waals surface area contributed by atoms with Crippen molar-refractivity contribution in [2.24, 2.45) is 5.10 Å². The van der Waals surface area contributed by atoms with Crippen LogP contribution in [0.15, 0.2) is 21.7 Å². The third-order valence-corrected chi connectivity index (χ3v) is 1.89. The van der Waals surface area contributed by atoms with Gasteiger partial charge in [0.15, 0.2) is 5.76 Å². The zero-order valence-corrected chi connectivity index (χ0v) is 8.82. The van der Waals surface area contributed by atoms with E-state index in [1.807, 2.05) is 5.32 Å². The fraction of sp³-hybridized carbons (Fsp3) is 0.125. The van der Waals surface area contributed by atoms with Crippen LogP contribution in [0.4, 0.5) is 10.7 Å². The first-order valence-electron chi connectivity index (χ1n) is 4.46. The summed E-state index contributed by atoms with van der Waals surface area (Å²) in [6, 6.07) is 1.85. The molecule has 1 aliphatic heterocycles. The maximum absolute atomic E-state index is 11.1.